The van der Waals surface area contributed by atoms with Crippen molar-refractivity contribution in [1.29, 1.82) is 0 Å². The van der Waals surface area contributed by atoms with Gasteiger partial charge in [0.25, 0.3) is 0 Å². The highest BCUT2D eigenvalue weighted by atomic mass is 16.1. The lowest BCUT2D eigenvalue weighted by Crippen LogP contribution is -2.36. The van der Waals surface area contributed by atoms with Crippen molar-refractivity contribution in [3.05, 3.63) is 11.6 Å². The fraction of sp³-hybridized carbons (Fsp3) is 0.750. The summed E-state index contributed by atoms with van der Waals surface area (Å²) in [6, 6.07) is 0. The van der Waals surface area contributed by atoms with E-state index in [-0.39, 0.29) is 5.41 Å². The first kappa shape index (κ1) is 8.98. The summed E-state index contributed by atoms with van der Waals surface area (Å²) < 4.78 is 0. The molecule has 0 N–H and O–H groups in total. The van der Waals surface area contributed by atoms with Crippen molar-refractivity contribution in [2.24, 2.45) is 11.3 Å². The van der Waals surface area contributed by atoms with Crippen molar-refractivity contribution in [1.82, 2.24) is 0 Å². The van der Waals surface area contributed by atoms with Crippen LogP contribution in [0.1, 0.15) is 46.0 Å². The summed E-state index contributed by atoms with van der Waals surface area (Å²) in [7, 11) is 0. The Morgan fingerprint density at radius 1 is 1.38 bits per heavy atom. The van der Waals surface area contributed by atoms with Crippen molar-refractivity contribution in [3.8, 4) is 0 Å². The highest BCUT2D eigenvalue weighted by Crippen LogP contribution is 2.45. The quantitative estimate of drug-likeness (QED) is 0.521. The second-order valence-electron chi connectivity index (χ2n) is 4.87. The lowest BCUT2D eigenvalue weighted by molar-refractivity contribution is -0.127. The third-order valence-corrected chi connectivity index (χ3v) is 3.70. The lowest BCUT2D eigenvalue weighted by atomic mass is 9.64. The van der Waals surface area contributed by atoms with Gasteiger partial charge in [0.05, 0.1) is 0 Å². The molecule has 0 amide bonds. The fourth-order valence-corrected chi connectivity index (χ4v) is 2.79. The zero-order chi connectivity index (χ0) is 9.47. The predicted octanol–water partition coefficient (Wildman–Crippen LogP) is 3.10. The van der Waals surface area contributed by atoms with E-state index in [0.29, 0.717) is 5.78 Å². The molecule has 0 aromatic rings. The molecule has 0 saturated heterocycles. The predicted molar refractivity (Wildman–Crippen MR) is 53.4 cm³/mol. The van der Waals surface area contributed by atoms with Gasteiger partial charge in [0.2, 0.25) is 0 Å². The number of allylic oxidation sites excluding steroid dienone is 2. The molecule has 0 aromatic heterocycles. The summed E-state index contributed by atoms with van der Waals surface area (Å²) >= 11 is 0. The fourth-order valence-electron chi connectivity index (χ4n) is 2.79. The maximum atomic E-state index is 11.7. The first-order valence-corrected chi connectivity index (χ1v) is 5.36. The summed E-state index contributed by atoms with van der Waals surface area (Å²) in [6.07, 6.45) is 8.04. The van der Waals surface area contributed by atoms with Gasteiger partial charge in [0.1, 0.15) is 5.78 Å². The maximum Gasteiger partial charge on any atom is 0.142 e. The lowest BCUT2D eigenvalue weighted by Gasteiger charge is -2.39. The number of fused-ring (bicyclic) bond motifs is 1. The third kappa shape index (κ3) is 1.34. The van der Waals surface area contributed by atoms with Gasteiger partial charge in [0, 0.05) is 11.8 Å². The number of carbonyl (C=O) groups excluding carboxylic acids is 1. The van der Waals surface area contributed by atoms with Gasteiger partial charge in [-0.2, -0.15) is 0 Å². The van der Waals surface area contributed by atoms with Crippen LogP contribution in [0.25, 0.3) is 0 Å². The molecule has 2 rings (SSSR count). The molecule has 1 heteroatoms. The Kier molecular flexibility index (Phi) is 2.05. The summed E-state index contributed by atoms with van der Waals surface area (Å²) in [5.74, 6) is 1.17. The topological polar surface area (TPSA) is 17.1 Å². The summed E-state index contributed by atoms with van der Waals surface area (Å²) in [6.45, 7) is 4.19. The maximum absolute atomic E-state index is 11.7. The van der Waals surface area contributed by atoms with E-state index in [1.807, 2.05) is 0 Å². The van der Waals surface area contributed by atoms with E-state index in [9.17, 15) is 4.79 Å². The van der Waals surface area contributed by atoms with E-state index < -0.39 is 0 Å². The molecule has 0 heterocycles. The molecule has 1 atom stereocenters. The average Bonchev–Trinajstić information content (AvgIpc) is 2.13. The highest BCUT2D eigenvalue weighted by Gasteiger charge is 2.40. The van der Waals surface area contributed by atoms with E-state index in [1.54, 1.807) is 0 Å². The Morgan fingerprint density at radius 2 is 2.15 bits per heavy atom. The molecule has 2 aliphatic carbocycles. The van der Waals surface area contributed by atoms with Crippen LogP contribution in [-0.4, -0.2) is 5.78 Å². The van der Waals surface area contributed by atoms with Crippen LogP contribution in [0.15, 0.2) is 11.6 Å². The Labute approximate surface area is 80.2 Å². The van der Waals surface area contributed by atoms with Gasteiger partial charge >= 0.3 is 0 Å². The molecule has 0 radical (unpaired) electrons. The molecule has 0 spiro atoms. The Hall–Kier alpha value is -0.590. The van der Waals surface area contributed by atoms with Crippen molar-refractivity contribution in [3.63, 3.8) is 0 Å². The van der Waals surface area contributed by atoms with Crippen LogP contribution < -0.4 is 0 Å². The molecule has 0 aromatic carbocycles. The zero-order valence-corrected chi connectivity index (χ0v) is 8.60. The van der Waals surface area contributed by atoms with E-state index in [2.05, 4.69) is 19.9 Å². The summed E-state index contributed by atoms with van der Waals surface area (Å²) in [5, 5.41) is 0. The molecule has 1 nitrogen and oxygen atoms in total. The molecule has 2 aliphatic rings. The molecular weight excluding hydrogens is 160 g/mol. The number of hydrogen-bond acceptors (Lipinski definition) is 1. The van der Waals surface area contributed by atoms with Gasteiger partial charge in [-0.15, -0.1) is 0 Å². The van der Waals surface area contributed by atoms with Gasteiger partial charge in [-0.1, -0.05) is 11.6 Å². The van der Waals surface area contributed by atoms with E-state index in [4.69, 9.17) is 0 Å². The Morgan fingerprint density at radius 3 is 2.92 bits per heavy atom. The van der Waals surface area contributed by atoms with Crippen LogP contribution in [0.2, 0.25) is 0 Å². The monoisotopic (exact) mass is 178 g/mol. The minimum absolute atomic E-state index is 0.149. The van der Waals surface area contributed by atoms with E-state index in [1.165, 1.54) is 24.8 Å². The van der Waals surface area contributed by atoms with Gasteiger partial charge in [-0.25, -0.2) is 0 Å². The van der Waals surface area contributed by atoms with Crippen molar-refractivity contribution in [2.45, 2.75) is 46.0 Å². The smallest absolute Gasteiger partial charge is 0.142 e. The minimum Gasteiger partial charge on any atom is -0.299 e. The first-order valence-electron chi connectivity index (χ1n) is 5.36. The second-order valence-corrected chi connectivity index (χ2v) is 4.87. The van der Waals surface area contributed by atoms with Crippen LogP contribution in [0, 0.1) is 11.3 Å². The first-order chi connectivity index (χ1) is 6.12. The summed E-state index contributed by atoms with van der Waals surface area (Å²) in [4.78, 5) is 11.7. The summed E-state index contributed by atoms with van der Waals surface area (Å²) in [5.41, 5.74) is 1.29. The largest absolute Gasteiger partial charge is 0.299 e. The van der Waals surface area contributed by atoms with E-state index >= 15 is 0 Å². The van der Waals surface area contributed by atoms with Crippen LogP contribution in [0.3, 0.4) is 0 Å². The van der Waals surface area contributed by atoms with Crippen LogP contribution >= 0.6 is 0 Å². The molecule has 72 valence electrons. The van der Waals surface area contributed by atoms with Crippen LogP contribution in [-0.2, 0) is 4.79 Å². The van der Waals surface area contributed by atoms with Gasteiger partial charge in [0.15, 0.2) is 0 Å². The standard InChI is InChI=1S/C12H18O/c1-12(2)10-6-4-3-5-9(10)7-8-11(12)13/h6,9H,3-5,7-8H2,1-2H3/t9-/m0/s1. The Balaban J connectivity index is 2.33. The van der Waals surface area contributed by atoms with Crippen LogP contribution in [0.5, 0.6) is 0 Å². The Bertz CT molecular complexity index is 260. The SMILES string of the molecule is CC1(C)C(=O)CC[C@@H]2CCCC=C21. The normalized spacial score (nSPS) is 32.3. The van der Waals surface area contributed by atoms with Gasteiger partial charge in [-0.05, 0) is 45.4 Å². The van der Waals surface area contributed by atoms with Crippen molar-refractivity contribution < 1.29 is 4.79 Å². The van der Waals surface area contributed by atoms with Crippen molar-refractivity contribution in [2.75, 3.05) is 0 Å². The van der Waals surface area contributed by atoms with Gasteiger partial charge in [-0.3, -0.25) is 4.79 Å². The van der Waals surface area contributed by atoms with E-state index in [0.717, 1.165) is 18.8 Å². The molecule has 0 aliphatic heterocycles. The van der Waals surface area contributed by atoms with Crippen LogP contribution in [0.4, 0.5) is 0 Å². The third-order valence-electron chi connectivity index (χ3n) is 3.70. The molecule has 0 bridgehead atoms. The molecular formula is C12H18O. The number of rotatable bonds is 0. The minimum atomic E-state index is -0.149. The van der Waals surface area contributed by atoms with Crippen molar-refractivity contribution >= 4 is 5.78 Å². The second kappa shape index (κ2) is 2.97. The highest BCUT2D eigenvalue weighted by molar-refractivity contribution is 5.88. The number of hydrogen-bond donors (Lipinski definition) is 0. The average molecular weight is 178 g/mol. The van der Waals surface area contributed by atoms with Gasteiger partial charge < -0.3 is 0 Å². The molecule has 1 fully saturated rings. The molecule has 0 unspecified atom stereocenters. The molecule has 13 heavy (non-hydrogen) atoms. The molecule has 1 saturated carbocycles. The number of ketones is 1. The number of Topliss-reactive ketones (excluding diaryl/α,β-unsaturated/α-hetero) is 1. The number of carbonyl (C=O) groups is 1. The zero-order valence-electron chi connectivity index (χ0n) is 8.60.